The van der Waals surface area contributed by atoms with Gasteiger partial charge in [-0.2, -0.15) is 5.10 Å². The van der Waals surface area contributed by atoms with Crippen LogP contribution in [0, 0.1) is 5.82 Å². The number of benzene rings is 3. The molecule has 10 nitrogen and oxygen atoms in total. The molecule has 0 unspecified atom stereocenters. The topological polar surface area (TPSA) is 111 Å². The summed E-state index contributed by atoms with van der Waals surface area (Å²) in [5.74, 6) is -0.448. The summed E-state index contributed by atoms with van der Waals surface area (Å²) >= 11 is 9.68. The zero-order chi connectivity index (χ0) is 36.1. The highest BCUT2D eigenvalue weighted by Gasteiger charge is 2.32. The number of ether oxygens (including phenoxy) is 1. The third-order valence-corrected chi connectivity index (χ3v) is 11.2. The summed E-state index contributed by atoms with van der Waals surface area (Å²) in [7, 11) is 3.39. The number of carbonyl (C=O) groups is 1. The number of rotatable bonds is 3. The molecule has 0 saturated carbocycles. The lowest BCUT2D eigenvalue weighted by molar-refractivity contribution is 0.0685. The van der Waals surface area contributed by atoms with Gasteiger partial charge in [-0.05, 0) is 72.5 Å². The Kier molecular flexibility index (Phi) is 9.65. The van der Waals surface area contributed by atoms with E-state index in [9.17, 15) is 28.3 Å². The predicted molar refractivity (Wildman–Crippen MR) is 192 cm³/mol. The molecule has 3 aromatic heterocycles. The second-order valence-corrected chi connectivity index (χ2v) is 14.5. The molecule has 0 spiro atoms. The van der Waals surface area contributed by atoms with Crippen molar-refractivity contribution in [2.45, 2.75) is 43.0 Å². The van der Waals surface area contributed by atoms with E-state index in [0.29, 0.717) is 50.3 Å². The van der Waals surface area contributed by atoms with Crippen LogP contribution in [-0.4, -0.2) is 57.7 Å². The quantitative estimate of drug-likeness (QED) is 0.136. The van der Waals surface area contributed by atoms with E-state index in [4.69, 9.17) is 16.3 Å². The smallest absolute Gasteiger partial charge is 0.352 e. The molecule has 0 saturated heterocycles. The number of hydrogen-bond acceptors (Lipinski definition) is 8. The van der Waals surface area contributed by atoms with Crippen molar-refractivity contribution < 1.29 is 33.0 Å². The van der Waals surface area contributed by atoms with E-state index >= 15 is 0 Å². The number of nitrogens with zero attached hydrogens (tertiary/aromatic N) is 6. The first-order valence-electron chi connectivity index (χ1n) is 15.9. The van der Waals surface area contributed by atoms with Crippen molar-refractivity contribution >= 4 is 63.0 Å². The normalized spacial score (nSPS) is 14.6. The zero-order valence-electron chi connectivity index (χ0n) is 27.7. The summed E-state index contributed by atoms with van der Waals surface area (Å²) in [6.45, 7) is 0.469. The fourth-order valence-electron chi connectivity index (χ4n) is 6.78. The van der Waals surface area contributed by atoms with Gasteiger partial charge in [0.2, 0.25) is 0 Å². The molecule has 0 aliphatic carbocycles. The Morgan fingerprint density at radius 2 is 1.84 bits per heavy atom. The number of fused-ring (bicyclic) bond motifs is 8. The Bertz CT molecular complexity index is 2320. The SMILES string of the molecule is CSN1Cc2cc(n(C)n2)CSc2cc(c3ccc(F)cc3c2)OCCCc2c(C(=O)O)n(C)c3c(c(Cl)ccc23)-c2c(C(F)F)nn(O)c2C1. The van der Waals surface area contributed by atoms with Crippen LogP contribution in [0.2, 0.25) is 5.02 Å². The standard InChI is InChI=1S/C35H32ClF3N6O4S2/c1-42-32-25-8-9-26(36)29(32)30-27(45(48)41-31(30)34(38)39)16-44(50-3)15-20-13-21(43(2)40-20)17-51-22-12-18-11-19(37)6-7-23(18)28(14-22)49-10-4-5-24(25)33(42)35(46)47/h6-9,11-14,34,48H,4-5,10,15-17H2,1-3H3,(H,46,47). The average molecular weight is 757 g/mol. The maximum Gasteiger partial charge on any atom is 0.352 e. The van der Waals surface area contributed by atoms with Crippen molar-refractivity contribution in [3.8, 4) is 16.9 Å². The first-order valence-corrected chi connectivity index (χ1v) is 18.4. The van der Waals surface area contributed by atoms with E-state index in [1.807, 2.05) is 35.8 Å². The summed E-state index contributed by atoms with van der Waals surface area (Å²) in [4.78, 5) is 14.1. The Morgan fingerprint density at radius 3 is 2.59 bits per heavy atom. The molecule has 51 heavy (non-hydrogen) atoms. The van der Waals surface area contributed by atoms with Crippen LogP contribution in [0.4, 0.5) is 13.2 Å². The van der Waals surface area contributed by atoms with Gasteiger partial charge >= 0.3 is 5.97 Å². The highest BCUT2D eigenvalue weighted by atomic mass is 35.5. The van der Waals surface area contributed by atoms with Crippen LogP contribution in [-0.2, 0) is 39.4 Å². The number of carboxylic acids is 1. The third-order valence-electron chi connectivity index (χ3n) is 9.07. The molecule has 6 aromatic rings. The van der Waals surface area contributed by atoms with E-state index in [1.165, 1.54) is 28.6 Å². The molecule has 8 bridgehead atoms. The zero-order valence-corrected chi connectivity index (χ0v) is 30.1. The van der Waals surface area contributed by atoms with Gasteiger partial charge in [-0.3, -0.25) is 4.68 Å². The first-order chi connectivity index (χ1) is 24.4. The van der Waals surface area contributed by atoms with E-state index in [-0.39, 0.29) is 59.5 Å². The molecule has 1 aliphatic heterocycles. The average Bonchev–Trinajstić information content (AvgIpc) is 3.70. The molecule has 266 valence electrons. The number of thioether (sulfide) groups is 1. The molecular weight excluding hydrogens is 725 g/mol. The molecule has 0 fully saturated rings. The summed E-state index contributed by atoms with van der Waals surface area (Å²) in [6, 6.07) is 13.5. The lowest BCUT2D eigenvalue weighted by Crippen LogP contribution is -2.18. The Hall–Kier alpha value is -4.31. The van der Waals surface area contributed by atoms with Gasteiger partial charge in [0.25, 0.3) is 6.43 Å². The molecular formula is C35H32ClF3N6O4S2. The van der Waals surface area contributed by atoms with E-state index in [1.54, 1.807) is 41.7 Å². The second-order valence-electron chi connectivity index (χ2n) is 12.2. The maximum atomic E-state index is 14.7. The molecule has 7 rings (SSSR count). The van der Waals surface area contributed by atoms with E-state index in [0.717, 1.165) is 16.0 Å². The molecule has 3 aromatic carbocycles. The number of aromatic carboxylic acids is 1. The predicted octanol–water partition coefficient (Wildman–Crippen LogP) is 8.49. The highest BCUT2D eigenvalue weighted by molar-refractivity contribution is 7.98. The molecule has 2 N–H and O–H groups in total. The van der Waals surface area contributed by atoms with Crippen LogP contribution in [0.25, 0.3) is 32.8 Å². The fourth-order valence-corrected chi connectivity index (χ4v) is 8.52. The maximum absolute atomic E-state index is 14.7. The number of aromatic nitrogens is 5. The number of carboxylic acid groups (broad SMARTS) is 1. The molecule has 16 heteroatoms. The summed E-state index contributed by atoms with van der Waals surface area (Å²) in [5, 5.41) is 31.9. The van der Waals surface area contributed by atoms with Crippen LogP contribution < -0.4 is 4.74 Å². The summed E-state index contributed by atoms with van der Waals surface area (Å²) in [5.41, 5.74) is 1.86. The van der Waals surface area contributed by atoms with Gasteiger partial charge in [0.1, 0.15) is 28.6 Å². The van der Waals surface area contributed by atoms with Gasteiger partial charge in [0, 0.05) is 52.3 Å². The Labute approximate surface area is 303 Å². The van der Waals surface area contributed by atoms with Crippen molar-refractivity contribution in [2.24, 2.45) is 14.1 Å². The van der Waals surface area contributed by atoms with Crippen LogP contribution in [0.1, 0.15) is 51.7 Å². The minimum absolute atomic E-state index is 0.0248. The lowest BCUT2D eigenvalue weighted by atomic mass is 9.97. The number of halogens is 4. The monoisotopic (exact) mass is 756 g/mol. The third kappa shape index (κ3) is 6.52. The minimum atomic E-state index is -3.08. The molecule has 1 aliphatic rings. The highest BCUT2D eigenvalue weighted by Crippen LogP contribution is 2.44. The lowest BCUT2D eigenvalue weighted by Gasteiger charge is -2.19. The van der Waals surface area contributed by atoms with Gasteiger partial charge in [-0.1, -0.05) is 29.6 Å². The number of hydrogen-bond donors (Lipinski definition) is 2. The van der Waals surface area contributed by atoms with E-state index < -0.39 is 18.1 Å². The van der Waals surface area contributed by atoms with E-state index in [2.05, 4.69) is 10.2 Å². The summed E-state index contributed by atoms with van der Waals surface area (Å²) < 4.78 is 55.0. The van der Waals surface area contributed by atoms with Crippen molar-refractivity contribution in [3.63, 3.8) is 0 Å². The van der Waals surface area contributed by atoms with Crippen molar-refractivity contribution in [3.05, 3.63) is 93.4 Å². The molecule has 0 atom stereocenters. The number of alkyl halides is 2. The molecule has 4 heterocycles. The minimum Gasteiger partial charge on any atom is -0.493 e. The van der Waals surface area contributed by atoms with Crippen LogP contribution in [0.3, 0.4) is 0 Å². The number of aryl methyl sites for hydroxylation is 3. The van der Waals surface area contributed by atoms with Gasteiger partial charge in [0.05, 0.1) is 35.9 Å². The first kappa shape index (κ1) is 35.1. The van der Waals surface area contributed by atoms with Gasteiger partial charge in [-0.25, -0.2) is 22.3 Å². The van der Waals surface area contributed by atoms with Gasteiger partial charge in [0.15, 0.2) is 0 Å². The fraction of sp³-hybridized carbons (Fsp3) is 0.286. The largest absolute Gasteiger partial charge is 0.493 e. The molecule has 0 radical (unpaired) electrons. The summed E-state index contributed by atoms with van der Waals surface area (Å²) in [6.07, 6.45) is -0.573. The van der Waals surface area contributed by atoms with Gasteiger partial charge < -0.3 is 19.6 Å². The van der Waals surface area contributed by atoms with Crippen LogP contribution in [0.15, 0.2) is 53.4 Å². The Morgan fingerprint density at radius 1 is 1.06 bits per heavy atom. The van der Waals surface area contributed by atoms with Crippen molar-refractivity contribution in [1.82, 2.24) is 28.6 Å². The van der Waals surface area contributed by atoms with Crippen molar-refractivity contribution in [1.29, 1.82) is 0 Å². The van der Waals surface area contributed by atoms with Crippen LogP contribution >= 0.6 is 35.3 Å². The second kappa shape index (κ2) is 14.0. The van der Waals surface area contributed by atoms with Crippen molar-refractivity contribution in [2.75, 3.05) is 12.9 Å². The Balaban J connectivity index is 1.41. The van der Waals surface area contributed by atoms with Crippen LogP contribution in [0.5, 0.6) is 5.75 Å². The molecule has 0 amide bonds. The van der Waals surface area contributed by atoms with Gasteiger partial charge in [-0.15, -0.1) is 21.7 Å².